The molecule has 0 bridgehead atoms. The minimum absolute atomic E-state index is 0.00686. The van der Waals surface area contributed by atoms with Gasteiger partial charge in [-0.1, -0.05) is 61.9 Å². The Balaban J connectivity index is 1.34. The number of carbonyl (C=O) groups excluding carboxylic acids is 2. The maximum atomic E-state index is 12.3. The standard InChI is InChI=1S/C27H34N2O5/c1-2-17-29(18-15-26(31)32)25(30)14-4-3-9-16-28-27(33)34-19-24-22-12-7-5-10-20(22)21-11-6-8-13-23(21)24/h5-8,10-13,24H,2-4,9,14-19H2,1H3,(H,28,33)(H,31,32). The number of aliphatic carboxylic acids is 1. The van der Waals surface area contributed by atoms with Crippen molar-refractivity contribution < 1.29 is 24.2 Å². The van der Waals surface area contributed by atoms with E-state index in [0.29, 0.717) is 25.9 Å². The lowest BCUT2D eigenvalue weighted by Crippen LogP contribution is -2.33. The first kappa shape index (κ1) is 25.3. The quantitative estimate of drug-likeness (QED) is 0.414. The highest BCUT2D eigenvalue weighted by Crippen LogP contribution is 2.44. The molecule has 0 atom stereocenters. The number of amides is 2. The normalized spacial score (nSPS) is 12.0. The monoisotopic (exact) mass is 466 g/mol. The zero-order chi connectivity index (χ0) is 24.3. The number of benzene rings is 2. The van der Waals surface area contributed by atoms with Crippen LogP contribution in [0.1, 0.15) is 62.5 Å². The van der Waals surface area contributed by atoms with E-state index in [1.54, 1.807) is 4.90 Å². The van der Waals surface area contributed by atoms with E-state index >= 15 is 0 Å². The van der Waals surface area contributed by atoms with Crippen LogP contribution in [0, 0.1) is 0 Å². The molecule has 2 N–H and O–H groups in total. The molecule has 0 spiro atoms. The van der Waals surface area contributed by atoms with Crippen molar-refractivity contribution in [1.82, 2.24) is 10.2 Å². The van der Waals surface area contributed by atoms with Crippen LogP contribution in [0.3, 0.4) is 0 Å². The van der Waals surface area contributed by atoms with E-state index in [-0.39, 0.29) is 31.4 Å². The van der Waals surface area contributed by atoms with Crippen molar-refractivity contribution in [2.45, 2.75) is 51.4 Å². The second-order valence-corrected chi connectivity index (χ2v) is 8.59. The van der Waals surface area contributed by atoms with Crippen LogP contribution in [0.5, 0.6) is 0 Å². The number of rotatable bonds is 13. The van der Waals surface area contributed by atoms with Gasteiger partial charge in [0, 0.05) is 32.0 Å². The molecule has 3 rings (SSSR count). The van der Waals surface area contributed by atoms with Gasteiger partial charge in [-0.05, 0) is 41.5 Å². The number of carboxylic acids is 1. The highest BCUT2D eigenvalue weighted by molar-refractivity contribution is 5.79. The number of hydrogen-bond acceptors (Lipinski definition) is 4. The molecule has 1 aliphatic carbocycles. The maximum Gasteiger partial charge on any atom is 0.407 e. The lowest BCUT2D eigenvalue weighted by atomic mass is 9.98. The van der Waals surface area contributed by atoms with E-state index in [1.165, 1.54) is 22.3 Å². The van der Waals surface area contributed by atoms with Gasteiger partial charge in [-0.15, -0.1) is 0 Å². The van der Waals surface area contributed by atoms with E-state index in [0.717, 1.165) is 19.3 Å². The number of carboxylic acid groups (broad SMARTS) is 1. The lowest BCUT2D eigenvalue weighted by molar-refractivity contribution is -0.138. The highest BCUT2D eigenvalue weighted by Gasteiger charge is 2.28. The number of nitrogens with one attached hydrogen (secondary N) is 1. The van der Waals surface area contributed by atoms with Crippen molar-refractivity contribution in [2.75, 3.05) is 26.2 Å². The number of alkyl carbamates (subject to hydrolysis) is 1. The Morgan fingerprint density at radius 1 is 0.912 bits per heavy atom. The first-order valence-electron chi connectivity index (χ1n) is 12.1. The third-order valence-corrected chi connectivity index (χ3v) is 6.12. The van der Waals surface area contributed by atoms with E-state index in [4.69, 9.17) is 9.84 Å². The van der Waals surface area contributed by atoms with Gasteiger partial charge in [-0.3, -0.25) is 9.59 Å². The molecular formula is C27H34N2O5. The molecule has 0 fully saturated rings. The molecule has 182 valence electrons. The summed E-state index contributed by atoms with van der Waals surface area (Å²) in [5, 5.41) is 11.6. The lowest BCUT2D eigenvalue weighted by Gasteiger charge is -2.21. The van der Waals surface area contributed by atoms with Gasteiger partial charge in [0.1, 0.15) is 6.61 Å². The van der Waals surface area contributed by atoms with Crippen molar-refractivity contribution in [1.29, 1.82) is 0 Å². The summed E-state index contributed by atoms with van der Waals surface area (Å²) in [4.78, 5) is 36.9. The molecule has 2 aromatic rings. The molecule has 7 heteroatoms. The maximum absolute atomic E-state index is 12.3. The molecule has 34 heavy (non-hydrogen) atoms. The van der Waals surface area contributed by atoms with E-state index in [9.17, 15) is 14.4 Å². The van der Waals surface area contributed by atoms with Crippen molar-refractivity contribution >= 4 is 18.0 Å². The molecule has 0 unspecified atom stereocenters. The molecule has 7 nitrogen and oxygen atoms in total. The zero-order valence-corrected chi connectivity index (χ0v) is 19.8. The van der Waals surface area contributed by atoms with Gasteiger partial charge in [0.25, 0.3) is 0 Å². The minimum Gasteiger partial charge on any atom is -0.481 e. The number of nitrogens with zero attached hydrogens (tertiary/aromatic N) is 1. The fourth-order valence-corrected chi connectivity index (χ4v) is 4.44. The second-order valence-electron chi connectivity index (χ2n) is 8.59. The summed E-state index contributed by atoms with van der Waals surface area (Å²) in [5.41, 5.74) is 4.76. The van der Waals surface area contributed by atoms with Gasteiger partial charge < -0.3 is 20.1 Å². The number of ether oxygens (including phenoxy) is 1. The Morgan fingerprint density at radius 3 is 2.18 bits per heavy atom. The molecule has 0 aliphatic heterocycles. The fourth-order valence-electron chi connectivity index (χ4n) is 4.44. The van der Waals surface area contributed by atoms with Crippen LogP contribution in [0.4, 0.5) is 4.79 Å². The van der Waals surface area contributed by atoms with Crippen molar-refractivity contribution in [3.8, 4) is 11.1 Å². The minimum atomic E-state index is -0.895. The van der Waals surface area contributed by atoms with Crippen LogP contribution in [0.25, 0.3) is 11.1 Å². The summed E-state index contributed by atoms with van der Waals surface area (Å²) in [6.45, 7) is 3.58. The molecule has 0 radical (unpaired) electrons. The van der Waals surface area contributed by atoms with Crippen LogP contribution >= 0.6 is 0 Å². The van der Waals surface area contributed by atoms with Crippen molar-refractivity contribution in [3.63, 3.8) is 0 Å². The summed E-state index contributed by atoms with van der Waals surface area (Å²) >= 11 is 0. The molecule has 2 aromatic carbocycles. The Kier molecular flexibility index (Phi) is 9.50. The van der Waals surface area contributed by atoms with Gasteiger partial charge in [0.2, 0.25) is 5.91 Å². The van der Waals surface area contributed by atoms with E-state index < -0.39 is 12.1 Å². The Hall–Kier alpha value is -3.35. The molecule has 1 aliphatic rings. The first-order chi connectivity index (χ1) is 16.5. The van der Waals surface area contributed by atoms with Crippen molar-refractivity contribution in [3.05, 3.63) is 59.7 Å². The van der Waals surface area contributed by atoms with Crippen LogP contribution in [0.15, 0.2) is 48.5 Å². The fraction of sp³-hybridized carbons (Fsp3) is 0.444. The predicted molar refractivity (Wildman–Crippen MR) is 131 cm³/mol. The van der Waals surface area contributed by atoms with Crippen LogP contribution in [0.2, 0.25) is 0 Å². The SMILES string of the molecule is CCCN(CCC(=O)O)C(=O)CCCCCNC(=O)OCC1c2ccccc2-c2ccccc21. The van der Waals surface area contributed by atoms with Crippen LogP contribution in [-0.2, 0) is 14.3 Å². The average Bonchev–Trinajstić information content (AvgIpc) is 3.16. The van der Waals surface area contributed by atoms with Gasteiger partial charge >= 0.3 is 12.1 Å². The molecule has 0 heterocycles. The number of carbonyl (C=O) groups is 3. The van der Waals surface area contributed by atoms with Gasteiger partial charge in [0.05, 0.1) is 6.42 Å². The predicted octanol–water partition coefficient (Wildman–Crippen LogP) is 4.80. The molecule has 2 amide bonds. The Labute approximate surface area is 201 Å². The summed E-state index contributed by atoms with van der Waals surface area (Å²) in [6.07, 6.45) is 2.99. The van der Waals surface area contributed by atoms with Gasteiger partial charge in [-0.25, -0.2) is 4.79 Å². The van der Waals surface area contributed by atoms with Crippen molar-refractivity contribution in [2.24, 2.45) is 0 Å². The third kappa shape index (κ3) is 6.83. The number of hydrogen-bond donors (Lipinski definition) is 2. The first-order valence-corrected chi connectivity index (χ1v) is 12.1. The summed E-state index contributed by atoms with van der Waals surface area (Å²) in [5.74, 6) is -0.864. The number of fused-ring (bicyclic) bond motifs is 3. The smallest absolute Gasteiger partial charge is 0.407 e. The Bertz CT molecular complexity index is 945. The van der Waals surface area contributed by atoms with Gasteiger partial charge in [-0.2, -0.15) is 0 Å². The number of unbranched alkanes of at least 4 members (excludes halogenated alkanes) is 2. The topological polar surface area (TPSA) is 95.9 Å². The zero-order valence-electron chi connectivity index (χ0n) is 19.8. The summed E-state index contributed by atoms with van der Waals surface area (Å²) in [6, 6.07) is 16.5. The van der Waals surface area contributed by atoms with Crippen LogP contribution < -0.4 is 5.32 Å². The van der Waals surface area contributed by atoms with E-state index in [2.05, 4.69) is 29.6 Å². The average molecular weight is 467 g/mol. The highest BCUT2D eigenvalue weighted by atomic mass is 16.5. The molecule has 0 saturated heterocycles. The molecule has 0 saturated carbocycles. The largest absolute Gasteiger partial charge is 0.481 e. The summed E-state index contributed by atoms with van der Waals surface area (Å²) < 4.78 is 5.53. The Morgan fingerprint density at radius 2 is 1.56 bits per heavy atom. The van der Waals surface area contributed by atoms with E-state index in [1.807, 2.05) is 31.2 Å². The summed E-state index contributed by atoms with van der Waals surface area (Å²) in [7, 11) is 0. The van der Waals surface area contributed by atoms with Crippen LogP contribution in [-0.4, -0.2) is 54.2 Å². The second kappa shape index (κ2) is 12.8. The molecule has 0 aromatic heterocycles. The van der Waals surface area contributed by atoms with Gasteiger partial charge in [0.15, 0.2) is 0 Å². The molecular weight excluding hydrogens is 432 g/mol. The third-order valence-electron chi connectivity index (χ3n) is 6.12.